The van der Waals surface area contributed by atoms with E-state index in [1.807, 2.05) is 13.8 Å². The average Bonchev–Trinajstić information content (AvgIpc) is 2.13. The molecule has 1 rings (SSSR count). The predicted octanol–water partition coefficient (Wildman–Crippen LogP) is 1.79. The highest BCUT2D eigenvalue weighted by molar-refractivity contribution is 5.66. The lowest BCUT2D eigenvalue weighted by atomic mass is 10.2. The summed E-state index contributed by atoms with van der Waals surface area (Å²) in [7, 11) is 0. The second kappa shape index (κ2) is 4.97. The van der Waals surface area contributed by atoms with E-state index in [1.165, 1.54) is 18.2 Å². The molecule has 5 nitrogen and oxygen atoms in total. The van der Waals surface area contributed by atoms with Crippen molar-refractivity contribution < 1.29 is 4.92 Å². The van der Waals surface area contributed by atoms with Gasteiger partial charge in [0, 0.05) is 12.1 Å². The summed E-state index contributed by atoms with van der Waals surface area (Å²) < 4.78 is 0. The van der Waals surface area contributed by atoms with Crippen LogP contribution in [0.25, 0.3) is 0 Å². The van der Waals surface area contributed by atoms with Gasteiger partial charge in [0.1, 0.15) is 0 Å². The van der Waals surface area contributed by atoms with Crippen LogP contribution in [0.15, 0.2) is 18.2 Å². The maximum Gasteiger partial charge on any atom is 0.271 e. The van der Waals surface area contributed by atoms with E-state index in [2.05, 4.69) is 0 Å². The molecule has 13 heavy (non-hydrogen) atoms. The van der Waals surface area contributed by atoms with Crippen molar-refractivity contribution in [3.05, 3.63) is 28.3 Å². The molecule has 0 aliphatic heterocycles. The number of nitrogen functional groups attached to an aromatic ring is 2. The number of anilines is 2. The highest BCUT2D eigenvalue weighted by Crippen LogP contribution is 2.20. The quantitative estimate of drug-likeness (QED) is 0.394. The number of hydrogen-bond donors (Lipinski definition) is 2. The summed E-state index contributed by atoms with van der Waals surface area (Å²) in [4.78, 5) is 9.66. The Labute approximate surface area is 76.5 Å². The van der Waals surface area contributed by atoms with Crippen LogP contribution in [0.2, 0.25) is 0 Å². The molecule has 72 valence electrons. The molecule has 0 amide bonds. The fourth-order valence-corrected chi connectivity index (χ4v) is 0.676. The van der Waals surface area contributed by atoms with Gasteiger partial charge < -0.3 is 11.5 Å². The molecule has 0 spiro atoms. The Bertz CT molecular complexity index is 299. The van der Waals surface area contributed by atoms with Gasteiger partial charge in [-0.1, -0.05) is 13.8 Å². The lowest BCUT2D eigenvalue weighted by molar-refractivity contribution is -0.384. The van der Waals surface area contributed by atoms with E-state index in [-0.39, 0.29) is 11.4 Å². The van der Waals surface area contributed by atoms with E-state index in [0.717, 1.165) is 0 Å². The Morgan fingerprint density at radius 1 is 1.23 bits per heavy atom. The maximum absolute atomic E-state index is 10.2. The smallest absolute Gasteiger partial charge is 0.271 e. The molecule has 0 saturated heterocycles. The van der Waals surface area contributed by atoms with Gasteiger partial charge in [0.2, 0.25) is 0 Å². The summed E-state index contributed by atoms with van der Waals surface area (Å²) in [5, 5.41) is 10.2. The lowest BCUT2D eigenvalue weighted by Crippen LogP contribution is -1.96. The van der Waals surface area contributed by atoms with Crippen LogP contribution in [0.1, 0.15) is 13.8 Å². The zero-order chi connectivity index (χ0) is 10.4. The number of nitro groups is 1. The van der Waals surface area contributed by atoms with E-state index in [9.17, 15) is 10.1 Å². The molecule has 0 heterocycles. The third kappa shape index (κ3) is 2.98. The van der Waals surface area contributed by atoms with Crippen molar-refractivity contribution in [3.8, 4) is 0 Å². The van der Waals surface area contributed by atoms with Gasteiger partial charge in [0.25, 0.3) is 5.69 Å². The van der Waals surface area contributed by atoms with Crippen molar-refractivity contribution >= 4 is 17.1 Å². The minimum Gasteiger partial charge on any atom is -0.397 e. The van der Waals surface area contributed by atoms with E-state index < -0.39 is 4.92 Å². The largest absolute Gasteiger partial charge is 0.397 e. The zero-order valence-electron chi connectivity index (χ0n) is 7.65. The summed E-state index contributed by atoms with van der Waals surface area (Å²) in [5.41, 5.74) is 11.2. The molecule has 0 atom stereocenters. The first-order valence-electron chi connectivity index (χ1n) is 3.90. The fourth-order valence-electron chi connectivity index (χ4n) is 0.676. The topological polar surface area (TPSA) is 95.2 Å². The van der Waals surface area contributed by atoms with Crippen LogP contribution in [-0.4, -0.2) is 4.92 Å². The SMILES string of the molecule is CC.Nc1ccc([N+](=O)[O-])cc1N. The minimum absolute atomic E-state index is 0.0447. The van der Waals surface area contributed by atoms with Gasteiger partial charge in [-0.25, -0.2) is 0 Å². The van der Waals surface area contributed by atoms with Crippen LogP contribution in [0, 0.1) is 10.1 Å². The molecule has 5 heteroatoms. The van der Waals surface area contributed by atoms with Gasteiger partial charge in [-0.2, -0.15) is 0 Å². The standard InChI is InChI=1S/C6H7N3O2.C2H6/c7-5-2-1-4(9(10)11)3-6(5)8;1-2/h1-3H,7-8H2;1-2H3. The normalized spacial score (nSPS) is 8.46. The summed E-state index contributed by atoms with van der Waals surface area (Å²) in [6.45, 7) is 4.00. The van der Waals surface area contributed by atoms with Crippen LogP contribution in [0.4, 0.5) is 17.1 Å². The summed E-state index contributed by atoms with van der Waals surface area (Å²) in [5.74, 6) is 0. The van der Waals surface area contributed by atoms with E-state index in [0.29, 0.717) is 5.69 Å². The third-order valence-corrected chi connectivity index (χ3v) is 1.28. The number of nitrogens with zero attached hydrogens (tertiary/aromatic N) is 1. The van der Waals surface area contributed by atoms with Gasteiger partial charge in [0.05, 0.1) is 16.3 Å². The van der Waals surface area contributed by atoms with Gasteiger partial charge in [-0.15, -0.1) is 0 Å². The summed E-state index contributed by atoms with van der Waals surface area (Å²) >= 11 is 0. The summed E-state index contributed by atoms with van der Waals surface area (Å²) in [6.07, 6.45) is 0. The number of benzene rings is 1. The van der Waals surface area contributed by atoms with Crippen molar-refractivity contribution in [1.82, 2.24) is 0 Å². The highest BCUT2D eigenvalue weighted by atomic mass is 16.6. The monoisotopic (exact) mass is 183 g/mol. The Balaban J connectivity index is 0.000000671. The van der Waals surface area contributed by atoms with Gasteiger partial charge >= 0.3 is 0 Å². The lowest BCUT2D eigenvalue weighted by Gasteiger charge is -1.97. The summed E-state index contributed by atoms with van der Waals surface area (Å²) in [6, 6.07) is 3.95. The first-order chi connectivity index (χ1) is 6.11. The maximum atomic E-state index is 10.2. The molecule has 4 N–H and O–H groups in total. The predicted molar refractivity (Wildman–Crippen MR) is 53.3 cm³/mol. The zero-order valence-corrected chi connectivity index (χ0v) is 7.65. The van der Waals surface area contributed by atoms with E-state index in [1.54, 1.807) is 0 Å². The Hall–Kier alpha value is -1.78. The number of rotatable bonds is 1. The van der Waals surface area contributed by atoms with Crippen LogP contribution in [0.5, 0.6) is 0 Å². The van der Waals surface area contributed by atoms with E-state index in [4.69, 9.17) is 11.5 Å². The number of nitrogens with two attached hydrogens (primary N) is 2. The molecular formula is C8H13N3O2. The third-order valence-electron chi connectivity index (χ3n) is 1.28. The second-order valence-corrected chi connectivity index (χ2v) is 2.07. The molecule has 0 unspecified atom stereocenters. The van der Waals surface area contributed by atoms with E-state index >= 15 is 0 Å². The average molecular weight is 183 g/mol. The minimum atomic E-state index is -0.518. The molecule has 0 aliphatic carbocycles. The van der Waals surface area contributed by atoms with Crippen LogP contribution >= 0.6 is 0 Å². The first-order valence-corrected chi connectivity index (χ1v) is 3.90. The van der Waals surface area contributed by atoms with Crippen molar-refractivity contribution in [2.24, 2.45) is 0 Å². The fraction of sp³-hybridized carbons (Fsp3) is 0.250. The number of nitro benzene ring substituents is 1. The Kier molecular flexibility index (Phi) is 4.29. The van der Waals surface area contributed by atoms with Gasteiger partial charge in [-0.05, 0) is 6.07 Å². The molecule has 0 aromatic heterocycles. The molecule has 0 fully saturated rings. The Morgan fingerprint density at radius 3 is 2.15 bits per heavy atom. The van der Waals surface area contributed by atoms with Crippen LogP contribution in [0.3, 0.4) is 0 Å². The number of hydrogen-bond acceptors (Lipinski definition) is 4. The van der Waals surface area contributed by atoms with Crippen molar-refractivity contribution in [3.63, 3.8) is 0 Å². The Morgan fingerprint density at radius 2 is 1.77 bits per heavy atom. The van der Waals surface area contributed by atoms with Crippen molar-refractivity contribution in [1.29, 1.82) is 0 Å². The molecule has 1 aromatic carbocycles. The second-order valence-electron chi connectivity index (χ2n) is 2.07. The number of non-ortho nitro benzene ring substituents is 1. The van der Waals surface area contributed by atoms with Gasteiger partial charge in [0.15, 0.2) is 0 Å². The van der Waals surface area contributed by atoms with Crippen molar-refractivity contribution in [2.75, 3.05) is 11.5 Å². The van der Waals surface area contributed by atoms with Crippen LogP contribution < -0.4 is 11.5 Å². The highest BCUT2D eigenvalue weighted by Gasteiger charge is 2.05. The molecule has 0 saturated carbocycles. The van der Waals surface area contributed by atoms with Gasteiger partial charge in [-0.3, -0.25) is 10.1 Å². The first kappa shape index (κ1) is 11.2. The molecular weight excluding hydrogens is 170 g/mol. The molecule has 0 bridgehead atoms. The van der Waals surface area contributed by atoms with Crippen molar-refractivity contribution in [2.45, 2.75) is 13.8 Å². The molecule has 1 aromatic rings. The molecule has 0 aliphatic rings. The van der Waals surface area contributed by atoms with Crippen LogP contribution in [-0.2, 0) is 0 Å². The molecule has 0 radical (unpaired) electrons.